The number of aromatic amines is 1. The average molecular weight is 488 g/mol. The average Bonchev–Trinajstić information content (AvgIpc) is 3.19. The normalized spacial score (nSPS) is 11.6. The van der Waals surface area contributed by atoms with Crippen molar-refractivity contribution in [2.75, 3.05) is 10.5 Å². The van der Waals surface area contributed by atoms with Crippen LogP contribution in [0.2, 0.25) is 0 Å². The van der Waals surface area contributed by atoms with Crippen LogP contribution in [-0.2, 0) is 16.4 Å². The number of anilines is 1. The fourth-order valence-corrected chi connectivity index (χ4v) is 4.60. The van der Waals surface area contributed by atoms with Crippen molar-refractivity contribution < 1.29 is 26.4 Å². The third-order valence-corrected chi connectivity index (χ3v) is 6.47. The van der Waals surface area contributed by atoms with Crippen LogP contribution in [0.1, 0.15) is 29.3 Å². The molecule has 0 aliphatic rings. The summed E-state index contributed by atoms with van der Waals surface area (Å²) in [5.41, 5.74) is -0.102. The van der Waals surface area contributed by atoms with E-state index in [2.05, 4.69) is 15.0 Å². The van der Waals surface area contributed by atoms with Crippen molar-refractivity contribution in [3.8, 4) is 11.4 Å². The molecule has 4 rings (SSSR count). The smallest absolute Gasteiger partial charge is 0.232 e. The predicted molar refractivity (Wildman–Crippen MR) is 121 cm³/mol. The Morgan fingerprint density at radius 1 is 1.09 bits per heavy atom. The van der Waals surface area contributed by atoms with Crippen molar-refractivity contribution >= 4 is 32.7 Å². The fourth-order valence-electron chi connectivity index (χ4n) is 3.47. The number of H-pyrrole nitrogens is 1. The number of rotatable bonds is 8. The largest absolute Gasteiger partial charge is 0.336 e. The molecule has 0 bridgehead atoms. The molecule has 0 saturated heterocycles. The standard InChI is InChI=1S/C23H19F3N4O3S/c1-2-9-34(32,33)30-17-8-7-16(25)20(21(17)26)19(31)11-13-10-18-23(27-12-13)29-22(28-18)14-5-3-4-6-15(14)24/h3-8,10,12,30H,2,9,11H2,1H3,(H,27,28,29). The number of nitrogens with zero attached hydrogens (tertiary/aromatic N) is 2. The highest BCUT2D eigenvalue weighted by Crippen LogP contribution is 2.25. The van der Waals surface area contributed by atoms with E-state index in [-0.39, 0.29) is 22.8 Å². The van der Waals surface area contributed by atoms with Crippen LogP contribution < -0.4 is 4.72 Å². The molecular weight excluding hydrogens is 469 g/mol. The van der Waals surface area contributed by atoms with Crippen LogP contribution in [0.5, 0.6) is 0 Å². The van der Waals surface area contributed by atoms with Gasteiger partial charge in [-0.25, -0.2) is 31.6 Å². The molecule has 7 nitrogen and oxygen atoms in total. The van der Waals surface area contributed by atoms with E-state index in [1.165, 1.54) is 18.3 Å². The van der Waals surface area contributed by atoms with E-state index in [0.29, 0.717) is 17.5 Å². The lowest BCUT2D eigenvalue weighted by molar-refractivity contribution is 0.0985. The minimum Gasteiger partial charge on any atom is -0.336 e. The van der Waals surface area contributed by atoms with Crippen molar-refractivity contribution in [1.29, 1.82) is 0 Å². The number of carbonyl (C=O) groups excluding carboxylic acids is 1. The van der Waals surface area contributed by atoms with Gasteiger partial charge in [0.15, 0.2) is 17.2 Å². The lowest BCUT2D eigenvalue weighted by Gasteiger charge is -2.11. The molecule has 4 aromatic rings. The number of aromatic nitrogens is 3. The zero-order valence-electron chi connectivity index (χ0n) is 17.9. The van der Waals surface area contributed by atoms with Crippen molar-refractivity contribution in [1.82, 2.24) is 15.0 Å². The van der Waals surface area contributed by atoms with E-state index >= 15 is 0 Å². The van der Waals surface area contributed by atoms with Gasteiger partial charge in [0.1, 0.15) is 17.5 Å². The molecule has 2 aromatic carbocycles. The number of sulfonamides is 1. The Labute approximate surface area is 193 Å². The van der Waals surface area contributed by atoms with Crippen molar-refractivity contribution in [2.45, 2.75) is 19.8 Å². The van der Waals surface area contributed by atoms with Crippen LogP contribution in [0, 0.1) is 17.5 Å². The molecule has 0 unspecified atom stereocenters. The molecule has 2 N–H and O–H groups in total. The highest BCUT2D eigenvalue weighted by molar-refractivity contribution is 7.92. The molecule has 0 atom stereocenters. The summed E-state index contributed by atoms with van der Waals surface area (Å²) < 4.78 is 69.2. The number of Topliss-reactive ketones (excluding diaryl/α,β-unsaturated/α-hetero) is 1. The second-order valence-corrected chi connectivity index (χ2v) is 9.43. The minimum atomic E-state index is -3.84. The van der Waals surface area contributed by atoms with Gasteiger partial charge >= 0.3 is 0 Å². The Bertz CT molecular complexity index is 1500. The van der Waals surface area contributed by atoms with E-state index in [0.717, 1.165) is 12.1 Å². The van der Waals surface area contributed by atoms with Crippen LogP contribution >= 0.6 is 0 Å². The maximum atomic E-state index is 14.9. The Kier molecular flexibility index (Phi) is 6.38. The van der Waals surface area contributed by atoms with Gasteiger partial charge in [0.05, 0.1) is 28.1 Å². The Hall–Kier alpha value is -3.73. The van der Waals surface area contributed by atoms with Crippen molar-refractivity contribution in [3.63, 3.8) is 0 Å². The Morgan fingerprint density at radius 2 is 1.85 bits per heavy atom. The Balaban J connectivity index is 1.62. The lowest BCUT2D eigenvalue weighted by atomic mass is 10.0. The molecule has 2 aromatic heterocycles. The Morgan fingerprint density at radius 3 is 2.59 bits per heavy atom. The van der Waals surface area contributed by atoms with Crippen LogP contribution in [0.3, 0.4) is 0 Å². The summed E-state index contributed by atoms with van der Waals surface area (Å²) in [4.78, 5) is 24.0. The van der Waals surface area contributed by atoms with Gasteiger partial charge < -0.3 is 4.98 Å². The first-order valence-corrected chi connectivity index (χ1v) is 11.9. The van der Waals surface area contributed by atoms with Gasteiger partial charge in [-0.1, -0.05) is 19.1 Å². The van der Waals surface area contributed by atoms with Gasteiger partial charge in [0, 0.05) is 12.6 Å². The predicted octanol–water partition coefficient (Wildman–Crippen LogP) is 4.62. The van der Waals surface area contributed by atoms with E-state index in [1.54, 1.807) is 25.1 Å². The molecule has 176 valence electrons. The zero-order chi connectivity index (χ0) is 24.5. The van der Waals surface area contributed by atoms with E-state index in [9.17, 15) is 26.4 Å². The first-order valence-electron chi connectivity index (χ1n) is 10.3. The summed E-state index contributed by atoms with van der Waals surface area (Å²) in [5, 5.41) is 0. The summed E-state index contributed by atoms with van der Waals surface area (Å²) >= 11 is 0. The SMILES string of the molecule is CCCS(=O)(=O)Nc1ccc(F)c(C(=O)Cc2cnc3nc(-c4ccccc4F)[nH]c3c2)c1F. The molecule has 0 fully saturated rings. The van der Waals surface area contributed by atoms with Gasteiger partial charge in [0.2, 0.25) is 10.0 Å². The number of carbonyl (C=O) groups is 1. The molecule has 2 heterocycles. The molecule has 0 spiro atoms. The summed E-state index contributed by atoms with van der Waals surface area (Å²) in [6.45, 7) is 1.64. The molecule has 0 amide bonds. The monoisotopic (exact) mass is 488 g/mol. The van der Waals surface area contributed by atoms with E-state index in [1.807, 2.05) is 4.72 Å². The number of hydrogen-bond donors (Lipinski definition) is 2. The second kappa shape index (κ2) is 9.26. The number of nitrogens with one attached hydrogen (secondary N) is 2. The maximum absolute atomic E-state index is 14.9. The highest BCUT2D eigenvalue weighted by Gasteiger charge is 2.23. The van der Waals surface area contributed by atoms with Crippen LogP contribution in [0.4, 0.5) is 18.9 Å². The fraction of sp³-hybridized carbons (Fsp3) is 0.174. The van der Waals surface area contributed by atoms with Crippen LogP contribution in [0.25, 0.3) is 22.6 Å². The topological polar surface area (TPSA) is 105 Å². The molecule has 0 aliphatic heterocycles. The van der Waals surface area contributed by atoms with Gasteiger partial charge in [-0.3, -0.25) is 9.52 Å². The number of ketones is 1. The zero-order valence-corrected chi connectivity index (χ0v) is 18.7. The number of imidazole rings is 1. The van der Waals surface area contributed by atoms with Gasteiger partial charge in [0.25, 0.3) is 0 Å². The number of hydrogen-bond acceptors (Lipinski definition) is 5. The summed E-state index contributed by atoms with van der Waals surface area (Å²) in [6, 6.07) is 9.33. The molecular formula is C23H19F3N4O3S. The molecule has 0 saturated carbocycles. The second-order valence-electron chi connectivity index (χ2n) is 7.58. The lowest BCUT2D eigenvalue weighted by Crippen LogP contribution is -2.19. The minimum absolute atomic E-state index is 0.240. The van der Waals surface area contributed by atoms with Crippen LogP contribution in [-0.4, -0.2) is 34.9 Å². The van der Waals surface area contributed by atoms with Crippen molar-refractivity contribution in [2.24, 2.45) is 0 Å². The number of fused-ring (bicyclic) bond motifs is 1. The van der Waals surface area contributed by atoms with E-state index < -0.39 is 50.9 Å². The third-order valence-electron chi connectivity index (χ3n) is 5.00. The molecule has 0 aliphatic carbocycles. The summed E-state index contributed by atoms with van der Waals surface area (Å²) in [5.74, 6) is -3.79. The van der Waals surface area contributed by atoms with Gasteiger partial charge in [-0.2, -0.15) is 0 Å². The highest BCUT2D eigenvalue weighted by atomic mass is 32.2. The van der Waals surface area contributed by atoms with Gasteiger partial charge in [-0.05, 0) is 42.3 Å². The first-order chi connectivity index (χ1) is 16.2. The van der Waals surface area contributed by atoms with Crippen LogP contribution in [0.15, 0.2) is 48.7 Å². The summed E-state index contributed by atoms with van der Waals surface area (Å²) in [7, 11) is -3.84. The number of pyridine rings is 1. The molecule has 0 radical (unpaired) electrons. The molecule has 11 heteroatoms. The third kappa shape index (κ3) is 4.79. The van der Waals surface area contributed by atoms with Crippen molar-refractivity contribution in [3.05, 3.63) is 77.2 Å². The van der Waals surface area contributed by atoms with E-state index in [4.69, 9.17) is 0 Å². The first kappa shape index (κ1) is 23.4. The van der Waals surface area contributed by atoms with Gasteiger partial charge in [-0.15, -0.1) is 0 Å². The number of benzene rings is 2. The number of halogens is 3. The molecule has 34 heavy (non-hydrogen) atoms. The maximum Gasteiger partial charge on any atom is 0.232 e. The quantitative estimate of drug-likeness (QED) is 0.352. The summed E-state index contributed by atoms with van der Waals surface area (Å²) in [6.07, 6.45) is 1.22.